The van der Waals surface area contributed by atoms with Gasteiger partial charge in [0, 0.05) is 0 Å². The fraction of sp³-hybridized carbons (Fsp3) is 0.182. The van der Waals surface area contributed by atoms with Crippen LogP contribution in [-0.4, -0.2) is 25.0 Å². The maximum Gasteiger partial charge on any atom is 0.341 e. The normalized spacial score (nSPS) is 11.0. The highest BCUT2D eigenvalue weighted by Gasteiger charge is 2.17. The van der Waals surface area contributed by atoms with Gasteiger partial charge in [-0.2, -0.15) is 4.99 Å². The second-order valence-electron chi connectivity index (χ2n) is 3.56. The summed E-state index contributed by atoms with van der Waals surface area (Å²) in [5.74, 6) is -1.96. The summed E-state index contributed by atoms with van der Waals surface area (Å²) in [6.07, 6.45) is 0. The zero-order valence-corrected chi connectivity index (χ0v) is 10.5. The van der Waals surface area contributed by atoms with Crippen molar-refractivity contribution in [2.75, 3.05) is 7.11 Å². The Morgan fingerprint density at radius 3 is 2.47 bits per heavy atom. The SMILES string of the molecule is COC(=O)c1c(F)ccc(N=C(N)N=C(N)N)c1C. The molecule has 0 aromatic heterocycles. The average molecular weight is 267 g/mol. The van der Waals surface area contributed by atoms with Crippen LogP contribution in [-0.2, 0) is 4.74 Å². The topological polar surface area (TPSA) is 129 Å². The molecule has 0 fully saturated rings. The minimum Gasteiger partial charge on any atom is -0.465 e. The van der Waals surface area contributed by atoms with Gasteiger partial charge in [-0.1, -0.05) is 0 Å². The van der Waals surface area contributed by atoms with Crippen LogP contribution >= 0.6 is 0 Å². The van der Waals surface area contributed by atoms with E-state index in [2.05, 4.69) is 14.7 Å². The molecular formula is C11H14FN5O2. The largest absolute Gasteiger partial charge is 0.465 e. The molecule has 0 saturated carbocycles. The molecule has 6 N–H and O–H groups in total. The fourth-order valence-electron chi connectivity index (χ4n) is 1.42. The van der Waals surface area contributed by atoms with Crippen LogP contribution < -0.4 is 17.2 Å². The number of nitrogens with two attached hydrogens (primary N) is 3. The first-order valence-electron chi connectivity index (χ1n) is 5.18. The molecule has 0 saturated heterocycles. The number of aliphatic imine (C=N–C) groups is 2. The fourth-order valence-corrected chi connectivity index (χ4v) is 1.42. The number of rotatable bonds is 2. The Morgan fingerprint density at radius 1 is 1.32 bits per heavy atom. The quantitative estimate of drug-likeness (QED) is 0.398. The minimum absolute atomic E-state index is 0.203. The molecule has 19 heavy (non-hydrogen) atoms. The predicted molar refractivity (Wildman–Crippen MR) is 69.6 cm³/mol. The van der Waals surface area contributed by atoms with Crippen molar-refractivity contribution in [3.05, 3.63) is 29.1 Å². The van der Waals surface area contributed by atoms with E-state index in [1.54, 1.807) is 0 Å². The van der Waals surface area contributed by atoms with Crippen LogP contribution in [0.4, 0.5) is 10.1 Å². The van der Waals surface area contributed by atoms with E-state index in [0.29, 0.717) is 0 Å². The van der Waals surface area contributed by atoms with E-state index in [1.807, 2.05) is 0 Å². The summed E-state index contributed by atoms with van der Waals surface area (Å²) in [4.78, 5) is 18.9. The van der Waals surface area contributed by atoms with E-state index >= 15 is 0 Å². The molecule has 102 valence electrons. The lowest BCUT2D eigenvalue weighted by Crippen LogP contribution is -2.26. The summed E-state index contributed by atoms with van der Waals surface area (Å²) in [5, 5.41) is 0. The number of hydrogen-bond donors (Lipinski definition) is 3. The number of esters is 1. The minimum atomic E-state index is -0.799. The van der Waals surface area contributed by atoms with Gasteiger partial charge in [-0.25, -0.2) is 14.2 Å². The molecule has 1 aromatic rings. The zero-order valence-electron chi connectivity index (χ0n) is 10.5. The smallest absolute Gasteiger partial charge is 0.341 e. The Hall–Kier alpha value is -2.64. The van der Waals surface area contributed by atoms with Crippen LogP contribution in [0.1, 0.15) is 15.9 Å². The lowest BCUT2D eigenvalue weighted by Gasteiger charge is -2.08. The third-order valence-corrected chi connectivity index (χ3v) is 2.25. The van der Waals surface area contributed by atoms with Crippen molar-refractivity contribution in [1.82, 2.24) is 0 Å². The van der Waals surface area contributed by atoms with Gasteiger partial charge >= 0.3 is 5.97 Å². The summed E-state index contributed by atoms with van der Waals surface area (Å²) in [6.45, 7) is 1.51. The van der Waals surface area contributed by atoms with Crippen molar-refractivity contribution in [3.63, 3.8) is 0 Å². The number of carbonyl (C=O) groups excluding carboxylic acids is 1. The van der Waals surface area contributed by atoms with Gasteiger partial charge in [0.05, 0.1) is 12.8 Å². The molecule has 0 aliphatic rings. The van der Waals surface area contributed by atoms with Crippen LogP contribution in [0.2, 0.25) is 0 Å². The lowest BCUT2D eigenvalue weighted by molar-refractivity contribution is 0.0594. The van der Waals surface area contributed by atoms with Crippen molar-refractivity contribution in [2.24, 2.45) is 27.2 Å². The number of carbonyl (C=O) groups is 1. The van der Waals surface area contributed by atoms with Crippen molar-refractivity contribution in [1.29, 1.82) is 0 Å². The monoisotopic (exact) mass is 267 g/mol. The van der Waals surface area contributed by atoms with Crippen molar-refractivity contribution in [2.45, 2.75) is 6.92 Å². The number of nitrogens with zero attached hydrogens (tertiary/aromatic N) is 2. The number of ether oxygens (including phenoxy) is 1. The molecule has 1 aromatic carbocycles. The van der Waals surface area contributed by atoms with Crippen LogP contribution in [0.5, 0.6) is 0 Å². The van der Waals surface area contributed by atoms with Gasteiger partial charge in [0.15, 0.2) is 5.96 Å². The van der Waals surface area contributed by atoms with E-state index in [4.69, 9.17) is 17.2 Å². The third-order valence-electron chi connectivity index (χ3n) is 2.25. The van der Waals surface area contributed by atoms with E-state index in [-0.39, 0.29) is 28.7 Å². The molecular weight excluding hydrogens is 253 g/mol. The molecule has 0 radical (unpaired) electrons. The second-order valence-corrected chi connectivity index (χ2v) is 3.56. The molecule has 0 heterocycles. The van der Waals surface area contributed by atoms with Gasteiger partial charge in [-0.05, 0) is 24.6 Å². The van der Waals surface area contributed by atoms with Gasteiger partial charge in [-0.3, -0.25) is 0 Å². The molecule has 8 heteroatoms. The van der Waals surface area contributed by atoms with Gasteiger partial charge in [0.2, 0.25) is 5.96 Å². The van der Waals surface area contributed by atoms with Crippen molar-refractivity contribution in [3.8, 4) is 0 Å². The number of hydrogen-bond acceptors (Lipinski definition) is 3. The van der Waals surface area contributed by atoms with E-state index in [1.165, 1.54) is 13.0 Å². The van der Waals surface area contributed by atoms with Gasteiger partial charge < -0.3 is 21.9 Å². The molecule has 1 rings (SSSR count). The van der Waals surface area contributed by atoms with Crippen LogP contribution in [0.3, 0.4) is 0 Å². The van der Waals surface area contributed by atoms with Crippen molar-refractivity contribution >= 4 is 23.6 Å². The second kappa shape index (κ2) is 5.80. The standard InChI is InChI=1S/C11H14FN5O2/c1-5-7(16-11(15)17-10(13)14)4-3-6(12)8(5)9(18)19-2/h3-4H,1-2H3,(H6,13,14,15,16,17). The summed E-state index contributed by atoms with van der Waals surface area (Å²) >= 11 is 0. The number of benzene rings is 1. The highest BCUT2D eigenvalue weighted by Crippen LogP contribution is 2.25. The van der Waals surface area contributed by atoms with Crippen LogP contribution in [0.25, 0.3) is 0 Å². The van der Waals surface area contributed by atoms with Gasteiger partial charge in [0.1, 0.15) is 11.4 Å². The average Bonchev–Trinajstić information content (AvgIpc) is 2.31. The highest BCUT2D eigenvalue weighted by molar-refractivity contribution is 5.95. The Morgan fingerprint density at radius 2 is 1.95 bits per heavy atom. The van der Waals surface area contributed by atoms with Crippen LogP contribution in [0.15, 0.2) is 22.1 Å². The highest BCUT2D eigenvalue weighted by atomic mass is 19.1. The van der Waals surface area contributed by atoms with E-state index in [0.717, 1.165) is 13.2 Å². The molecule has 0 unspecified atom stereocenters. The maximum atomic E-state index is 13.6. The van der Waals surface area contributed by atoms with E-state index in [9.17, 15) is 9.18 Å². The molecule has 0 aliphatic heterocycles. The Bertz CT molecular complexity index is 564. The van der Waals surface area contributed by atoms with E-state index < -0.39 is 11.8 Å². The maximum absolute atomic E-state index is 13.6. The van der Waals surface area contributed by atoms with Gasteiger partial charge in [-0.15, -0.1) is 0 Å². The Balaban J connectivity index is 3.33. The molecule has 0 spiro atoms. The molecule has 0 aliphatic carbocycles. The Labute approximate surface area is 109 Å². The summed E-state index contributed by atoms with van der Waals surface area (Å²) in [7, 11) is 1.16. The number of guanidine groups is 2. The first kappa shape index (κ1) is 14.4. The number of methoxy groups -OCH3 is 1. The summed E-state index contributed by atoms with van der Waals surface area (Å²) in [6, 6.07) is 2.44. The number of halogens is 1. The lowest BCUT2D eigenvalue weighted by atomic mass is 10.1. The molecule has 7 nitrogen and oxygen atoms in total. The first-order valence-corrected chi connectivity index (χ1v) is 5.18. The zero-order chi connectivity index (χ0) is 14.6. The van der Waals surface area contributed by atoms with Gasteiger partial charge in [0.25, 0.3) is 0 Å². The summed E-state index contributed by atoms with van der Waals surface area (Å²) in [5.41, 5.74) is 16.1. The third kappa shape index (κ3) is 3.41. The molecule has 0 atom stereocenters. The first-order chi connectivity index (χ1) is 8.86. The van der Waals surface area contributed by atoms with Crippen LogP contribution in [0, 0.1) is 12.7 Å². The van der Waals surface area contributed by atoms with Crippen molar-refractivity contribution < 1.29 is 13.9 Å². The summed E-state index contributed by atoms with van der Waals surface area (Å²) < 4.78 is 18.1. The Kier molecular flexibility index (Phi) is 4.41. The predicted octanol–water partition coefficient (Wildman–Crippen LogP) is 0.140. The molecule has 0 bridgehead atoms. The molecule has 0 amide bonds.